The molecule has 1 saturated heterocycles. The summed E-state index contributed by atoms with van der Waals surface area (Å²) in [4.78, 5) is 0. The molecule has 2 heteroatoms. The Balaban J connectivity index is 2.23. The van der Waals surface area contributed by atoms with Gasteiger partial charge in [-0.25, -0.2) is 0 Å². The number of benzene rings is 2. The van der Waals surface area contributed by atoms with Crippen LogP contribution in [0.1, 0.15) is 11.7 Å². The van der Waals surface area contributed by atoms with Gasteiger partial charge >= 0.3 is 0 Å². The van der Waals surface area contributed by atoms with Gasteiger partial charge in [-0.05, 0) is 16.3 Å². The predicted molar refractivity (Wildman–Crippen MR) is 61.5 cm³/mol. The molecule has 0 amide bonds. The fraction of sp³-hybridized carbons (Fsp3) is 0.167. The highest BCUT2D eigenvalue weighted by atomic mass is 28.1. The highest BCUT2D eigenvalue weighted by Gasteiger charge is 2.36. The monoisotopic (exact) mass is 200 g/mol. The second kappa shape index (κ2) is 2.94. The Labute approximate surface area is 86.1 Å². The molecule has 2 atom stereocenters. The van der Waals surface area contributed by atoms with Crippen LogP contribution in [0.3, 0.4) is 0 Å². The first-order chi connectivity index (χ1) is 6.86. The Kier molecular flexibility index (Phi) is 1.72. The molecule has 1 heterocycles. The van der Waals surface area contributed by atoms with Crippen molar-refractivity contribution in [3.63, 3.8) is 0 Å². The molecule has 1 aliphatic rings. The Bertz CT molecular complexity index is 475. The maximum atomic E-state index is 5.57. The number of fused-ring (bicyclic) bond motifs is 1. The van der Waals surface area contributed by atoms with Crippen molar-refractivity contribution in [2.75, 3.05) is 0 Å². The molecule has 0 bridgehead atoms. The van der Waals surface area contributed by atoms with Gasteiger partial charge in [-0.15, -0.1) is 0 Å². The molecule has 0 spiro atoms. The normalized spacial score (nSPS) is 25.4. The van der Waals surface area contributed by atoms with Crippen molar-refractivity contribution in [3.05, 3.63) is 48.0 Å². The van der Waals surface area contributed by atoms with Gasteiger partial charge in [0.05, 0.1) is 5.73 Å². The van der Waals surface area contributed by atoms with Crippen LogP contribution in [-0.4, -0.2) is 16.0 Å². The van der Waals surface area contributed by atoms with Gasteiger partial charge in [-0.1, -0.05) is 42.5 Å². The maximum Gasteiger partial charge on any atom is 0.105 e. The SMILES string of the molecule is [SiH3][C@H]1O[C@H]1c1cccc2ccccc12. The van der Waals surface area contributed by atoms with E-state index in [9.17, 15) is 0 Å². The van der Waals surface area contributed by atoms with Crippen LogP contribution in [0.25, 0.3) is 10.8 Å². The van der Waals surface area contributed by atoms with Crippen LogP contribution < -0.4 is 0 Å². The molecule has 1 fully saturated rings. The molecule has 2 aromatic rings. The third-order valence-electron chi connectivity index (χ3n) is 2.84. The third-order valence-corrected chi connectivity index (χ3v) is 3.72. The first-order valence-electron chi connectivity index (χ1n) is 4.99. The van der Waals surface area contributed by atoms with Gasteiger partial charge in [0.2, 0.25) is 0 Å². The number of hydrogen-bond donors (Lipinski definition) is 0. The van der Waals surface area contributed by atoms with Crippen LogP contribution in [-0.2, 0) is 4.74 Å². The van der Waals surface area contributed by atoms with Crippen molar-refractivity contribution in [2.45, 2.75) is 11.8 Å². The van der Waals surface area contributed by atoms with E-state index in [0.717, 1.165) is 10.2 Å². The van der Waals surface area contributed by atoms with Gasteiger partial charge in [0.1, 0.15) is 6.10 Å². The largest absolute Gasteiger partial charge is 0.369 e. The van der Waals surface area contributed by atoms with E-state index in [1.165, 1.54) is 16.3 Å². The summed E-state index contributed by atoms with van der Waals surface area (Å²) in [5.41, 5.74) is 1.89. The van der Waals surface area contributed by atoms with Gasteiger partial charge in [0.25, 0.3) is 0 Å². The van der Waals surface area contributed by atoms with Crippen LogP contribution in [0.2, 0.25) is 0 Å². The summed E-state index contributed by atoms with van der Waals surface area (Å²) in [6, 6.07) is 15.0. The molecular weight excluding hydrogens is 188 g/mol. The van der Waals surface area contributed by atoms with Crippen molar-refractivity contribution in [1.82, 2.24) is 0 Å². The smallest absolute Gasteiger partial charge is 0.105 e. The predicted octanol–water partition coefficient (Wildman–Crippen LogP) is 1.60. The van der Waals surface area contributed by atoms with E-state index in [0.29, 0.717) is 11.8 Å². The average Bonchev–Trinajstić information content (AvgIpc) is 2.95. The lowest BCUT2D eigenvalue weighted by Crippen LogP contribution is -1.88. The standard InChI is InChI=1S/C12H12OSi/c14-12-11(13-12)10-7-3-5-8-4-1-2-6-9(8)10/h1-7,11-12H,14H3/t11-,12+/m0/s1. The minimum atomic E-state index is 0.382. The molecule has 0 unspecified atom stereocenters. The van der Waals surface area contributed by atoms with E-state index >= 15 is 0 Å². The summed E-state index contributed by atoms with van der Waals surface area (Å²) in [6.07, 6.45) is 0.382. The molecule has 70 valence electrons. The fourth-order valence-corrected chi connectivity index (χ4v) is 2.66. The van der Waals surface area contributed by atoms with Crippen molar-refractivity contribution >= 4 is 21.0 Å². The molecule has 1 nitrogen and oxygen atoms in total. The summed E-state index contributed by atoms with van der Waals surface area (Å²) in [5.74, 6) is 0. The summed E-state index contributed by atoms with van der Waals surface area (Å²) in [7, 11) is 1.13. The molecule has 14 heavy (non-hydrogen) atoms. The molecule has 1 aliphatic heterocycles. The van der Waals surface area contributed by atoms with E-state index in [1.807, 2.05) is 0 Å². The van der Waals surface area contributed by atoms with Gasteiger partial charge < -0.3 is 4.74 Å². The summed E-state index contributed by atoms with van der Waals surface area (Å²) in [5, 5.41) is 2.66. The second-order valence-corrected chi connectivity index (χ2v) is 4.97. The van der Waals surface area contributed by atoms with Crippen LogP contribution in [0.5, 0.6) is 0 Å². The quantitative estimate of drug-likeness (QED) is 0.503. The number of rotatable bonds is 1. The maximum absolute atomic E-state index is 5.57. The molecular formula is C12H12OSi. The molecule has 2 aromatic carbocycles. The number of epoxide rings is 1. The van der Waals surface area contributed by atoms with E-state index in [-0.39, 0.29) is 0 Å². The minimum absolute atomic E-state index is 0.382. The molecule has 0 N–H and O–H groups in total. The van der Waals surface area contributed by atoms with Crippen molar-refractivity contribution in [1.29, 1.82) is 0 Å². The van der Waals surface area contributed by atoms with Crippen molar-refractivity contribution < 1.29 is 4.74 Å². The molecule has 0 saturated carbocycles. The average molecular weight is 200 g/mol. The Morgan fingerprint density at radius 3 is 2.50 bits per heavy atom. The van der Waals surface area contributed by atoms with Gasteiger partial charge in [-0.2, -0.15) is 0 Å². The van der Waals surface area contributed by atoms with Crippen LogP contribution in [0.4, 0.5) is 0 Å². The first-order valence-corrected chi connectivity index (χ1v) is 6.15. The molecule has 0 aromatic heterocycles. The zero-order valence-electron chi connectivity index (χ0n) is 8.10. The molecule has 3 rings (SSSR count). The third kappa shape index (κ3) is 1.19. The van der Waals surface area contributed by atoms with Gasteiger partial charge in [0, 0.05) is 10.2 Å². The highest BCUT2D eigenvalue weighted by molar-refractivity contribution is 6.13. The lowest BCUT2D eigenvalue weighted by molar-refractivity contribution is 0.405. The lowest BCUT2D eigenvalue weighted by atomic mass is 10.0. The molecule has 0 aliphatic carbocycles. The van der Waals surface area contributed by atoms with E-state index < -0.39 is 0 Å². The highest BCUT2D eigenvalue weighted by Crippen LogP contribution is 2.39. The van der Waals surface area contributed by atoms with Gasteiger partial charge in [0.15, 0.2) is 0 Å². The summed E-state index contributed by atoms with van der Waals surface area (Å²) < 4.78 is 5.57. The van der Waals surface area contributed by atoms with Crippen LogP contribution in [0, 0.1) is 0 Å². The Morgan fingerprint density at radius 1 is 1.00 bits per heavy atom. The minimum Gasteiger partial charge on any atom is -0.369 e. The van der Waals surface area contributed by atoms with Gasteiger partial charge in [-0.3, -0.25) is 0 Å². The van der Waals surface area contributed by atoms with E-state index in [1.54, 1.807) is 0 Å². The fourth-order valence-electron chi connectivity index (χ4n) is 2.01. The van der Waals surface area contributed by atoms with Crippen LogP contribution in [0.15, 0.2) is 42.5 Å². The summed E-state index contributed by atoms with van der Waals surface area (Å²) >= 11 is 0. The first kappa shape index (κ1) is 8.21. The lowest BCUT2D eigenvalue weighted by Gasteiger charge is -2.02. The topological polar surface area (TPSA) is 12.5 Å². The zero-order valence-corrected chi connectivity index (χ0v) is 10.1. The number of ether oxygens (including phenoxy) is 1. The Morgan fingerprint density at radius 2 is 1.71 bits per heavy atom. The Hall–Kier alpha value is -1.12. The summed E-state index contributed by atoms with van der Waals surface area (Å²) in [6.45, 7) is 0. The zero-order chi connectivity index (χ0) is 9.54. The molecule has 0 radical (unpaired) electrons. The van der Waals surface area contributed by atoms with Crippen molar-refractivity contribution in [2.24, 2.45) is 0 Å². The van der Waals surface area contributed by atoms with E-state index in [4.69, 9.17) is 4.74 Å². The second-order valence-electron chi connectivity index (χ2n) is 3.83. The van der Waals surface area contributed by atoms with E-state index in [2.05, 4.69) is 42.5 Å². The van der Waals surface area contributed by atoms with Crippen molar-refractivity contribution in [3.8, 4) is 0 Å². The van der Waals surface area contributed by atoms with Crippen LogP contribution >= 0.6 is 0 Å². The number of hydrogen-bond acceptors (Lipinski definition) is 1.